The number of unbranched alkanes of at least 4 members (excludes halogenated alkanes) is 1. The molecule has 0 aliphatic heterocycles. The molecule has 0 fully saturated rings. The van der Waals surface area contributed by atoms with Crippen molar-refractivity contribution in [2.24, 2.45) is 0 Å². The number of carbonyl (C=O) groups excluding carboxylic acids is 1. The van der Waals surface area contributed by atoms with Crippen LogP contribution >= 0.6 is 0 Å². The largest absolute Gasteiger partial charge is 0.497 e. The van der Waals surface area contributed by atoms with Gasteiger partial charge in [0, 0.05) is 17.5 Å². The molecule has 0 saturated carbocycles. The number of ether oxygens (including phenoxy) is 2. The van der Waals surface area contributed by atoms with Gasteiger partial charge in [-0.25, -0.2) is 9.59 Å². The number of hydrogen-bond donors (Lipinski definition) is 0. The van der Waals surface area contributed by atoms with Crippen molar-refractivity contribution in [3.63, 3.8) is 0 Å². The number of fused-ring (bicyclic) bond motifs is 1. The van der Waals surface area contributed by atoms with E-state index in [9.17, 15) is 9.59 Å². The van der Waals surface area contributed by atoms with Crippen molar-refractivity contribution >= 4 is 23.0 Å². The van der Waals surface area contributed by atoms with Gasteiger partial charge in [-0.2, -0.15) is 0 Å². The highest BCUT2D eigenvalue weighted by molar-refractivity contribution is 5.88. The fourth-order valence-electron chi connectivity index (χ4n) is 1.87. The highest BCUT2D eigenvalue weighted by atomic mass is 16.5. The van der Waals surface area contributed by atoms with E-state index >= 15 is 0 Å². The maximum absolute atomic E-state index is 11.9. The highest BCUT2D eigenvalue weighted by Gasteiger charge is 2.05. The Hall–Kier alpha value is -2.56. The molecule has 2 aromatic rings. The summed E-state index contributed by atoms with van der Waals surface area (Å²) in [6, 6.07) is 6.86. The van der Waals surface area contributed by atoms with E-state index < -0.39 is 11.6 Å². The summed E-state index contributed by atoms with van der Waals surface area (Å²) in [5.74, 6) is 0.140. The Balaban J connectivity index is 2.19. The van der Waals surface area contributed by atoms with E-state index in [1.54, 1.807) is 31.4 Å². The molecule has 0 radical (unpaired) electrons. The summed E-state index contributed by atoms with van der Waals surface area (Å²) in [4.78, 5) is 23.4. The number of methoxy groups -OCH3 is 1. The van der Waals surface area contributed by atoms with E-state index in [0.717, 1.165) is 18.2 Å². The molecule has 0 spiro atoms. The van der Waals surface area contributed by atoms with Gasteiger partial charge in [0.05, 0.1) is 19.3 Å². The van der Waals surface area contributed by atoms with Crippen LogP contribution < -0.4 is 10.4 Å². The molecule has 0 bridgehead atoms. The molecular weight excluding hydrogens is 284 g/mol. The molecule has 116 valence electrons. The first-order valence-corrected chi connectivity index (χ1v) is 7.10. The molecule has 1 aromatic heterocycles. The van der Waals surface area contributed by atoms with Crippen LogP contribution in [0.15, 0.2) is 39.6 Å². The first-order chi connectivity index (χ1) is 10.6. The number of esters is 1. The minimum atomic E-state index is -0.515. The van der Waals surface area contributed by atoms with Gasteiger partial charge in [0.15, 0.2) is 0 Å². The van der Waals surface area contributed by atoms with E-state index in [2.05, 4.69) is 0 Å². The standard InChI is InChI=1S/C17H18O5/c1-3-4-9-21-16(18)8-6-13-10-12-5-7-14(20-2)11-15(12)22-17(13)19/h5-8,10-11H,3-4,9H2,1-2H3/b8-6+. The van der Waals surface area contributed by atoms with Crippen molar-refractivity contribution in [1.82, 2.24) is 0 Å². The van der Waals surface area contributed by atoms with Crippen LogP contribution in [0.25, 0.3) is 17.0 Å². The van der Waals surface area contributed by atoms with Gasteiger partial charge < -0.3 is 13.9 Å². The lowest BCUT2D eigenvalue weighted by atomic mass is 10.1. The van der Waals surface area contributed by atoms with Crippen molar-refractivity contribution in [1.29, 1.82) is 0 Å². The zero-order valence-corrected chi connectivity index (χ0v) is 12.6. The molecule has 0 aliphatic rings. The predicted octanol–water partition coefficient (Wildman–Crippen LogP) is 3.16. The van der Waals surface area contributed by atoms with Gasteiger partial charge in [-0.05, 0) is 30.7 Å². The van der Waals surface area contributed by atoms with Gasteiger partial charge in [0.25, 0.3) is 0 Å². The molecule has 0 N–H and O–H groups in total. The molecule has 1 aromatic carbocycles. The van der Waals surface area contributed by atoms with Crippen LogP contribution in [0.3, 0.4) is 0 Å². The summed E-state index contributed by atoms with van der Waals surface area (Å²) in [5.41, 5.74) is 0.218. The minimum absolute atomic E-state index is 0.296. The summed E-state index contributed by atoms with van der Waals surface area (Å²) in [6.45, 7) is 2.39. The Morgan fingerprint density at radius 3 is 2.86 bits per heavy atom. The number of hydrogen-bond acceptors (Lipinski definition) is 5. The normalized spacial score (nSPS) is 11.0. The fraction of sp³-hybridized carbons (Fsp3) is 0.294. The molecule has 22 heavy (non-hydrogen) atoms. The molecule has 5 nitrogen and oxygen atoms in total. The SMILES string of the molecule is CCCCOC(=O)/C=C/c1cc2ccc(OC)cc2oc1=O. The van der Waals surface area contributed by atoms with E-state index in [1.807, 2.05) is 6.92 Å². The van der Waals surface area contributed by atoms with Crippen molar-refractivity contribution in [2.45, 2.75) is 19.8 Å². The minimum Gasteiger partial charge on any atom is -0.497 e. The molecular formula is C17H18O5. The Labute approximate surface area is 128 Å². The molecule has 2 rings (SSSR count). The third kappa shape index (κ3) is 3.97. The van der Waals surface area contributed by atoms with E-state index in [1.165, 1.54) is 12.2 Å². The lowest BCUT2D eigenvalue weighted by molar-refractivity contribution is -0.137. The number of carbonyl (C=O) groups is 1. The van der Waals surface area contributed by atoms with E-state index in [0.29, 0.717) is 23.5 Å². The summed E-state index contributed by atoms with van der Waals surface area (Å²) in [5, 5.41) is 0.749. The molecule has 0 unspecified atom stereocenters. The quantitative estimate of drug-likeness (QED) is 0.355. The average Bonchev–Trinajstić information content (AvgIpc) is 2.52. The molecule has 0 atom stereocenters. The van der Waals surface area contributed by atoms with Crippen molar-refractivity contribution < 1.29 is 18.7 Å². The summed E-state index contributed by atoms with van der Waals surface area (Å²) in [7, 11) is 1.54. The van der Waals surface area contributed by atoms with Crippen LogP contribution in [-0.4, -0.2) is 19.7 Å². The van der Waals surface area contributed by atoms with Crippen molar-refractivity contribution in [3.05, 3.63) is 46.3 Å². The van der Waals surface area contributed by atoms with Crippen LogP contribution in [0.1, 0.15) is 25.3 Å². The second-order valence-corrected chi connectivity index (χ2v) is 4.75. The molecule has 0 aliphatic carbocycles. The van der Waals surface area contributed by atoms with Crippen LogP contribution in [0.4, 0.5) is 0 Å². The Bertz CT molecular complexity index is 742. The summed E-state index contributed by atoms with van der Waals surface area (Å²) in [6.07, 6.45) is 4.41. The van der Waals surface area contributed by atoms with Crippen LogP contribution in [-0.2, 0) is 9.53 Å². The first-order valence-electron chi connectivity index (χ1n) is 7.10. The van der Waals surface area contributed by atoms with Crippen molar-refractivity contribution in [3.8, 4) is 5.75 Å². The van der Waals surface area contributed by atoms with Gasteiger partial charge in [0.2, 0.25) is 0 Å². The zero-order valence-electron chi connectivity index (χ0n) is 12.6. The third-order valence-electron chi connectivity index (χ3n) is 3.11. The Morgan fingerprint density at radius 1 is 1.32 bits per heavy atom. The second kappa shape index (κ2) is 7.45. The first kappa shape index (κ1) is 15.8. The Kier molecular flexibility index (Phi) is 5.36. The van der Waals surface area contributed by atoms with Crippen LogP contribution in [0.5, 0.6) is 5.75 Å². The van der Waals surface area contributed by atoms with E-state index in [-0.39, 0.29) is 0 Å². The second-order valence-electron chi connectivity index (χ2n) is 4.75. The van der Waals surface area contributed by atoms with Gasteiger partial charge >= 0.3 is 11.6 Å². The maximum atomic E-state index is 11.9. The van der Waals surface area contributed by atoms with Crippen LogP contribution in [0, 0.1) is 0 Å². The van der Waals surface area contributed by atoms with E-state index in [4.69, 9.17) is 13.9 Å². The molecule has 5 heteroatoms. The van der Waals surface area contributed by atoms with Crippen LogP contribution in [0.2, 0.25) is 0 Å². The average molecular weight is 302 g/mol. The monoisotopic (exact) mass is 302 g/mol. The lowest BCUT2D eigenvalue weighted by Gasteiger charge is -2.02. The zero-order chi connectivity index (χ0) is 15.9. The summed E-state index contributed by atoms with van der Waals surface area (Å²) < 4.78 is 15.3. The fourth-order valence-corrected chi connectivity index (χ4v) is 1.87. The third-order valence-corrected chi connectivity index (χ3v) is 3.11. The molecule has 1 heterocycles. The smallest absolute Gasteiger partial charge is 0.343 e. The highest BCUT2D eigenvalue weighted by Crippen LogP contribution is 2.20. The van der Waals surface area contributed by atoms with Gasteiger partial charge in [-0.15, -0.1) is 0 Å². The number of rotatable bonds is 6. The van der Waals surface area contributed by atoms with Gasteiger partial charge in [0.1, 0.15) is 11.3 Å². The lowest BCUT2D eigenvalue weighted by Crippen LogP contribution is -2.05. The Morgan fingerprint density at radius 2 is 2.14 bits per heavy atom. The summed E-state index contributed by atoms with van der Waals surface area (Å²) >= 11 is 0. The molecule has 0 saturated heterocycles. The molecule has 0 amide bonds. The predicted molar refractivity (Wildman–Crippen MR) is 83.9 cm³/mol. The topological polar surface area (TPSA) is 65.7 Å². The maximum Gasteiger partial charge on any atom is 0.343 e. The van der Waals surface area contributed by atoms with Crippen molar-refractivity contribution in [2.75, 3.05) is 13.7 Å². The van der Waals surface area contributed by atoms with Gasteiger partial charge in [-0.1, -0.05) is 13.3 Å². The number of benzene rings is 1. The van der Waals surface area contributed by atoms with Gasteiger partial charge in [-0.3, -0.25) is 0 Å².